The third-order valence-electron chi connectivity index (χ3n) is 6.71. The van der Waals surface area contributed by atoms with Gasteiger partial charge in [0, 0.05) is 24.5 Å². The average Bonchev–Trinajstić information content (AvgIpc) is 3.06. The molecular formula is C37H30F2O8. The van der Waals surface area contributed by atoms with Gasteiger partial charge in [-0.05, 0) is 77.6 Å². The van der Waals surface area contributed by atoms with Crippen molar-refractivity contribution in [1.82, 2.24) is 0 Å². The molecule has 4 rings (SSSR count). The van der Waals surface area contributed by atoms with E-state index in [2.05, 4.69) is 13.2 Å². The zero-order valence-electron chi connectivity index (χ0n) is 25.6. The molecule has 0 aliphatic heterocycles. The van der Waals surface area contributed by atoms with Crippen LogP contribution in [-0.4, -0.2) is 23.9 Å². The van der Waals surface area contributed by atoms with E-state index in [9.17, 15) is 28.0 Å². The van der Waals surface area contributed by atoms with Crippen molar-refractivity contribution < 1.29 is 46.9 Å². The second-order valence-electron chi connectivity index (χ2n) is 10.2. The second-order valence-corrected chi connectivity index (χ2v) is 10.2. The lowest BCUT2D eigenvalue weighted by atomic mass is 10.00. The SMILES string of the molecule is C=CC(=O)Oc1cc(CCC(=O)Oc2ccc(-c3ccc(-c4ccc(OC(=O)C(=C)C)c(F)c4)cc3)cc2F)ccc1OC(=O)CC. The van der Waals surface area contributed by atoms with Gasteiger partial charge in [0.2, 0.25) is 0 Å². The molecule has 0 amide bonds. The van der Waals surface area contributed by atoms with Crippen LogP contribution < -0.4 is 18.9 Å². The lowest BCUT2D eigenvalue weighted by Gasteiger charge is -2.11. The van der Waals surface area contributed by atoms with Gasteiger partial charge in [-0.3, -0.25) is 9.59 Å². The Bertz CT molecular complexity index is 1860. The summed E-state index contributed by atoms with van der Waals surface area (Å²) in [7, 11) is 0. The zero-order valence-corrected chi connectivity index (χ0v) is 25.6. The van der Waals surface area contributed by atoms with E-state index in [1.165, 1.54) is 43.3 Å². The fourth-order valence-electron chi connectivity index (χ4n) is 4.21. The fourth-order valence-corrected chi connectivity index (χ4v) is 4.21. The van der Waals surface area contributed by atoms with Crippen molar-refractivity contribution in [3.63, 3.8) is 0 Å². The van der Waals surface area contributed by atoms with Gasteiger partial charge in [0.25, 0.3) is 0 Å². The monoisotopic (exact) mass is 640 g/mol. The number of benzene rings is 4. The maximum absolute atomic E-state index is 15.0. The van der Waals surface area contributed by atoms with Gasteiger partial charge in [-0.1, -0.05) is 62.5 Å². The predicted molar refractivity (Wildman–Crippen MR) is 170 cm³/mol. The summed E-state index contributed by atoms with van der Waals surface area (Å²) in [5.74, 6) is -4.58. The number of ether oxygens (including phenoxy) is 4. The molecule has 0 aliphatic carbocycles. The molecule has 10 heteroatoms. The van der Waals surface area contributed by atoms with Crippen LogP contribution >= 0.6 is 0 Å². The lowest BCUT2D eigenvalue weighted by molar-refractivity contribution is -0.135. The number of carbonyl (C=O) groups excluding carboxylic acids is 4. The molecule has 0 heterocycles. The van der Waals surface area contributed by atoms with E-state index in [1.54, 1.807) is 49.4 Å². The van der Waals surface area contributed by atoms with Crippen LogP contribution in [0.25, 0.3) is 22.3 Å². The predicted octanol–water partition coefficient (Wildman–Crippen LogP) is 7.73. The van der Waals surface area contributed by atoms with Crippen LogP contribution in [0.2, 0.25) is 0 Å². The van der Waals surface area contributed by atoms with Crippen LogP contribution in [0.5, 0.6) is 23.0 Å². The van der Waals surface area contributed by atoms with Crippen molar-refractivity contribution in [3.8, 4) is 45.3 Å². The molecule has 8 nitrogen and oxygen atoms in total. The van der Waals surface area contributed by atoms with Gasteiger partial charge in [0.05, 0.1) is 0 Å². The molecule has 0 aromatic heterocycles. The Morgan fingerprint density at radius 1 is 0.660 bits per heavy atom. The number of hydrogen-bond acceptors (Lipinski definition) is 8. The standard InChI is InChI=1S/C37H30F2O8/c1-5-34(40)45-32-15-7-23(19-33(32)46-35(41)6-2)8-18-36(42)44-30-16-13-26(20-28(30)38)24-9-11-25(12-10-24)27-14-17-31(29(39)21-27)47-37(43)22(3)4/h6-7,9-17,19-21H,2-3,5,8,18H2,1,4H3. The minimum Gasteiger partial charge on any atom is -0.423 e. The summed E-state index contributed by atoms with van der Waals surface area (Å²) in [6, 6.07) is 19.8. The topological polar surface area (TPSA) is 105 Å². The van der Waals surface area contributed by atoms with Crippen molar-refractivity contribution in [3.05, 3.63) is 121 Å². The minimum atomic E-state index is -0.754. The molecule has 0 atom stereocenters. The Hall–Kier alpha value is -5.90. The van der Waals surface area contributed by atoms with E-state index in [4.69, 9.17) is 18.9 Å². The van der Waals surface area contributed by atoms with Crippen molar-refractivity contribution in [2.45, 2.75) is 33.1 Å². The van der Waals surface area contributed by atoms with Gasteiger partial charge in [-0.25, -0.2) is 18.4 Å². The summed E-state index contributed by atoms with van der Waals surface area (Å²) in [5, 5.41) is 0. The van der Waals surface area contributed by atoms with E-state index < -0.39 is 35.5 Å². The molecule has 0 aliphatic rings. The van der Waals surface area contributed by atoms with Crippen molar-refractivity contribution in [2.24, 2.45) is 0 Å². The van der Waals surface area contributed by atoms with Crippen LogP contribution in [0.15, 0.2) is 104 Å². The maximum atomic E-state index is 15.0. The van der Waals surface area contributed by atoms with E-state index in [1.807, 2.05) is 0 Å². The quantitative estimate of drug-likeness (QED) is 0.0881. The molecule has 240 valence electrons. The highest BCUT2D eigenvalue weighted by molar-refractivity contribution is 5.89. The highest BCUT2D eigenvalue weighted by Crippen LogP contribution is 2.32. The van der Waals surface area contributed by atoms with Gasteiger partial charge in [0.1, 0.15) is 0 Å². The molecule has 4 aromatic carbocycles. The Morgan fingerprint density at radius 3 is 1.68 bits per heavy atom. The number of hydrogen-bond donors (Lipinski definition) is 0. The zero-order chi connectivity index (χ0) is 34.1. The summed E-state index contributed by atoms with van der Waals surface area (Å²) >= 11 is 0. The van der Waals surface area contributed by atoms with Crippen LogP contribution in [0.3, 0.4) is 0 Å². The number of carbonyl (C=O) groups is 4. The number of esters is 4. The molecule has 0 bridgehead atoms. The Balaban J connectivity index is 1.39. The fraction of sp³-hybridized carbons (Fsp3) is 0.135. The molecule has 0 spiro atoms. The first-order chi connectivity index (χ1) is 22.5. The number of halogens is 2. The third kappa shape index (κ3) is 9.07. The molecule has 0 fully saturated rings. The van der Waals surface area contributed by atoms with Crippen LogP contribution in [0.1, 0.15) is 32.3 Å². The van der Waals surface area contributed by atoms with E-state index in [0.29, 0.717) is 27.8 Å². The third-order valence-corrected chi connectivity index (χ3v) is 6.71. The Morgan fingerprint density at radius 2 is 1.17 bits per heavy atom. The van der Waals surface area contributed by atoms with Crippen LogP contribution in [0, 0.1) is 11.6 Å². The average molecular weight is 641 g/mol. The molecule has 4 aromatic rings. The Labute approximate surface area is 269 Å². The summed E-state index contributed by atoms with van der Waals surface area (Å²) in [4.78, 5) is 47.7. The number of aryl methyl sites for hydroxylation is 1. The summed E-state index contributed by atoms with van der Waals surface area (Å²) in [6.07, 6.45) is 1.12. The molecule has 0 N–H and O–H groups in total. The smallest absolute Gasteiger partial charge is 0.338 e. The largest absolute Gasteiger partial charge is 0.423 e. The first-order valence-corrected chi connectivity index (χ1v) is 14.4. The summed E-state index contributed by atoms with van der Waals surface area (Å²) < 4.78 is 50.1. The van der Waals surface area contributed by atoms with E-state index in [0.717, 1.165) is 6.08 Å². The summed E-state index contributed by atoms with van der Waals surface area (Å²) in [5.41, 5.74) is 3.13. The second kappa shape index (κ2) is 15.4. The van der Waals surface area contributed by atoms with Crippen molar-refractivity contribution in [1.29, 1.82) is 0 Å². The van der Waals surface area contributed by atoms with Gasteiger partial charge < -0.3 is 18.9 Å². The highest BCUT2D eigenvalue weighted by Gasteiger charge is 2.16. The van der Waals surface area contributed by atoms with Crippen LogP contribution in [0.4, 0.5) is 8.78 Å². The first kappa shape index (κ1) is 34.0. The highest BCUT2D eigenvalue weighted by atomic mass is 19.1. The molecule has 47 heavy (non-hydrogen) atoms. The van der Waals surface area contributed by atoms with E-state index >= 15 is 0 Å². The maximum Gasteiger partial charge on any atom is 0.338 e. The van der Waals surface area contributed by atoms with Crippen LogP contribution in [-0.2, 0) is 25.6 Å². The van der Waals surface area contributed by atoms with Crippen molar-refractivity contribution in [2.75, 3.05) is 0 Å². The minimum absolute atomic E-state index is 0.0103. The van der Waals surface area contributed by atoms with Gasteiger partial charge in [-0.2, -0.15) is 0 Å². The normalized spacial score (nSPS) is 10.5. The van der Waals surface area contributed by atoms with Gasteiger partial charge in [-0.15, -0.1) is 0 Å². The molecule has 0 radical (unpaired) electrons. The first-order valence-electron chi connectivity index (χ1n) is 14.4. The van der Waals surface area contributed by atoms with Gasteiger partial charge in [0.15, 0.2) is 34.6 Å². The van der Waals surface area contributed by atoms with Gasteiger partial charge >= 0.3 is 23.9 Å². The number of rotatable bonds is 12. The molecule has 0 unspecified atom stereocenters. The lowest BCUT2D eigenvalue weighted by Crippen LogP contribution is -2.11. The summed E-state index contributed by atoms with van der Waals surface area (Å²) in [6.45, 7) is 9.90. The molecular weight excluding hydrogens is 610 g/mol. The van der Waals surface area contributed by atoms with E-state index in [-0.39, 0.29) is 47.8 Å². The molecule has 0 saturated heterocycles. The Kier molecular flexibility index (Phi) is 11.1. The van der Waals surface area contributed by atoms with Crippen molar-refractivity contribution >= 4 is 23.9 Å². The molecule has 0 saturated carbocycles.